The van der Waals surface area contributed by atoms with Gasteiger partial charge in [-0.2, -0.15) is 23.4 Å². The Balaban J connectivity index is 1.35. The van der Waals surface area contributed by atoms with Gasteiger partial charge in [0.25, 0.3) is 5.91 Å². The summed E-state index contributed by atoms with van der Waals surface area (Å²) in [5, 5.41) is 11.4. The molecule has 1 aliphatic rings. The molecule has 1 amide bonds. The third-order valence-corrected chi connectivity index (χ3v) is 6.36. The van der Waals surface area contributed by atoms with Crippen molar-refractivity contribution in [2.45, 2.75) is 38.1 Å². The SMILES string of the molecule is Cc1ccc([C@@H]2C[C@@H](C(F)(F)F)n3nc(C(=O)N(C)Cc4ccc(-n5cccn5)cc4)cc3N2)cc1. The minimum absolute atomic E-state index is 0.0352. The Labute approximate surface area is 206 Å². The number of nitrogens with one attached hydrogen (secondary N) is 1. The summed E-state index contributed by atoms with van der Waals surface area (Å²) in [6.07, 6.45) is -1.20. The Kier molecular flexibility index (Phi) is 6.03. The fraction of sp³-hybridized carbons (Fsp3) is 0.269. The fourth-order valence-electron chi connectivity index (χ4n) is 4.41. The van der Waals surface area contributed by atoms with Gasteiger partial charge in [0.2, 0.25) is 0 Å². The highest BCUT2D eigenvalue weighted by Crippen LogP contribution is 2.43. The topological polar surface area (TPSA) is 68.0 Å². The molecule has 3 heterocycles. The van der Waals surface area contributed by atoms with Gasteiger partial charge in [-0.25, -0.2) is 9.36 Å². The summed E-state index contributed by atoms with van der Waals surface area (Å²) in [6.45, 7) is 2.20. The van der Waals surface area contributed by atoms with Gasteiger partial charge in [-0.15, -0.1) is 0 Å². The van der Waals surface area contributed by atoms with E-state index in [0.717, 1.165) is 27.1 Å². The number of anilines is 1. The summed E-state index contributed by atoms with van der Waals surface area (Å²) < 4.78 is 44.5. The van der Waals surface area contributed by atoms with Crippen molar-refractivity contribution in [3.8, 4) is 5.69 Å². The van der Waals surface area contributed by atoms with Crippen LogP contribution in [0.15, 0.2) is 73.1 Å². The number of nitrogens with zero attached hydrogens (tertiary/aromatic N) is 5. The second kappa shape index (κ2) is 9.18. The maximum Gasteiger partial charge on any atom is 0.410 e. The van der Waals surface area contributed by atoms with Crippen LogP contribution >= 0.6 is 0 Å². The summed E-state index contributed by atoms with van der Waals surface area (Å²) in [5.41, 5.74) is 3.50. The first-order valence-corrected chi connectivity index (χ1v) is 11.5. The number of alkyl halides is 3. The molecule has 10 heteroatoms. The molecular weight excluding hydrogens is 469 g/mol. The van der Waals surface area contributed by atoms with E-state index in [1.54, 1.807) is 17.9 Å². The Hall–Kier alpha value is -4.08. The van der Waals surface area contributed by atoms with Crippen molar-refractivity contribution < 1.29 is 18.0 Å². The molecule has 2 aromatic carbocycles. The van der Waals surface area contributed by atoms with Crippen LogP contribution in [0.4, 0.5) is 19.0 Å². The number of hydrogen-bond donors (Lipinski definition) is 1. The first-order valence-electron chi connectivity index (χ1n) is 11.5. The van der Waals surface area contributed by atoms with Gasteiger partial charge in [0.15, 0.2) is 11.7 Å². The van der Waals surface area contributed by atoms with Crippen LogP contribution in [0.2, 0.25) is 0 Å². The molecule has 0 saturated carbocycles. The van der Waals surface area contributed by atoms with E-state index in [2.05, 4.69) is 15.5 Å². The molecule has 0 bridgehead atoms. The number of carbonyl (C=O) groups excluding carboxylic acids is 1. The number of fused-ring (bicyclic) bond motifs is 1. The molecule has 0 unspecified atom stereocenters. The van der Waals surface area contributed by atoms with E-state index in [4.69, 9.17) is 0 Å². The van der Waals surface area contributed by atoms with Crippen molar-refractivity contribution in [3.05, 3.63) is 95.4 Å². The minimum atomic E-state index is -4.51. The minimum Gasteiger partial charge on any atom is -0.363 e. The smallest absolute Gasteiger partial charge is 0.363 e. The number of rotatable bonds is 5. The molecule has 4 aromatic rings. The maximum absolute atomic E-state index is 14.0. The highest BCUT2D eigenvalue weighted by atomic mass is 19.4. The molecular formula is C26H25F3N6O. The van der Waals surface area contributed by atoms with Gasteiger partial charge in [-0.1, -0.05) is 42.0 Å². The summed E-state index contributed by atoms with van der Waals surface area (Å²) in [7, 11) is 1.60. The predicted octanol–water partition coefficient (Wildman–Crippen LogP) is 5.31. The third-order valence-electron chi connectivity index (χ3n) is 6.36. The van der Waals surface area contributed by atoms with Gasteiger partial charge in [0.1, 0.15) is 5.82 Å². The van der Waals surface area contributed by atoms with Crippen LogP contribution in [-0.4, -0.2) is 43.6 Å². The van der Waals surface area contributed by atoms with E-state index < -0.39 is 24.2 Å². The lowest BCUT2D eigenvalue weighted by molar-refractivity contribution is -0.173. The van der Waals surface area contributed by atoms with E-state index in [9.17, 15) is 18.0 Å². The Bertz CT molecular complexity index is 1340. The second-order valence-corrected chi connectivity index (χ2v) is 9.04. The normalized spacial score (nSPS) is 17.4. The Morgan fingerprint density at radius 3 is 2.50 bits per heavy atom. The number of aryl methyl sites for hydroxylation is 1. The monoisotopic (exact) mass is 494 g/mol. The maximum atomic E-state index is 14.0. The number of benzene rings is 2. The number of halogens is 3. The van der Waals surface area contributed by atoms with Crippen molar-refractivity contribution in [2.24, 2.45) is 0 Å². The lowest BCUT2D eigenvalue weighted by atomic mass is 9.96. The van der Waals surface area contributed by atoms with E-state index in [1.165, 1.54) is 11.0 Å². The van der Waals surface area contributed by atoms with Gasteiger partial charge < -0.3 is 10.2 Å². The molecule has 5 rings (SSSR count). The Morgan fingerprint density at radius 2 is 1.86 bits per heavy atom. The van der Waals surface area contributed by atoms with Gasteiger partial charge >= 0.3 is 6.18 Å². The predicted molar refractivity (Wildman–Crippen MR) is 129 cm³/mol. The van der Waals surface area contributed by atoms with Crippen LogP contribution in [0.3, 0.4) is 0 Å². The highest BCUT2D eigenvalue weighted by Gasteiger charge is 2.46. The van der Waals surface area contributed by atoms with Crippen molar-refractivity contribution in [2.75, 3.05) is 12.4 Å². The molecule has 2 atom stereocenters. The number of carbonyl (C=O) groups is 1. The van der Waals surface area contributed by atoms with E-state index in [0.29, 0.717) is 0 Å². The van der Waals surface area contributed by atoms with Crippen LogP contribution in [-0.2, 0) is 6.54 Å². The van der Waals surface area contributed by atoms with Crippen LogP contribution in [0.5, 0.6) is 0 Å². The number of hydrogen-bond acceptors (Lipinski definition) is 4. The van der Waals surface area contributed by atoms with E-state index >= 15 is 0 Å². The first-order chi connectivity index (χ1) is 17.2. The number of amides is 1. The average molecular weight is 495 g/mol. The molecule has 0 spiro atoms. The lowest BCUT2D eigenvalue weighted by Crippen LogP contribution is -2.35. The van der Waals surface area contributed by atoms with Crippen molar-refractivity contribution in [1.29, 1.82) is 0 Å². The standard InChI is InChI=1S/C26H25F3N6O/c1-17-4-8-19(9-5-17)21-14-23(26(27,28)29)35-24(31-21)15-22(32-35)25(36)33(2)16-18-6-10-20(11-7-18)34-13-3-12-30-34/h3-13,15,21,23,31H,14,16H2,1-2H3/t21-,23-/m0/s1. The summed E-state index contributed by atoms with van der Waals surface area (Å²) in [5.74, 6) is -0.280. The largest absolute Gasteiger partial charge is 0.410 e. The quantitative estimate of drug-likeness (QED) is 0.408. The highest BCUT2D eigenvalue weighted by molar-refractivity contribution is 5.93. The van der Waals surface area contributed by atoms with Crippen molar-refractivity contribution >= 4 is 11.7 Å². The summed E-state index contributed by atoms with van der Waals surface area (Å²) in [6, 6.07) is 15.8. The van der Waals surface area contributed by atoms with Gasteiger partial charge in [0, 0.05) is 38.5 Å². The molecule has 2 aromatic heterocycles. The molecule has 0 fully saturated rings. The number of aromatic nitrogens is 4. The first kappa shape index (κ1) is 23.7. The van der Waals surface area contributed by atoms with E-state index in [1.807, 2.05) is 67.7 Å². The van der Waals surface area contributed by atoms with Crippen molar-refractivity contribution in [1.82, 2.24) is 24.5 Å². The van der Waals surface area contributed by atoms with Crippen molar-refractivity contribution in [3.63, 3.8) is 0 Å². The average Bonchev–Trinajstić information content (AvgIpc) is 3.53. The van der Waals surface area contributed by atoms with Crippen LogP contribution in [0, 0.1) is 6.92 Å². The summed E-state index contributed by atoms with van der Waals surface area (Å²) >= 11 is 0. The molecule has 0 saturated heterocycles. The zero-order valence-corrected chi connectivity index (χ0v) is 19.8. The van der Waals surface area contributed by atoms with Crippen LogP contribution in [0.1, 0.15) is 45.7 Å². The second-order valence-electron chi connectivity index (χ2n) is 9.04. The molecule has 186 valence electrons. The molecule has 1 aliphatic heterocycles. The van der Waals surface area contributed by atoms with E-state index in [-0.39, 0.29) is 24.5 Å². The summed E-state index contributed by atoms with van der Waals surface area (Å²) in [4.78, 5) is 14.5. The van der Waals surface area contributed by atoms with Gasteiger partial charge in [-0.3, -0.25) is 4.79 Å². The zero-order chi connectivity index (χ0) is 25.4. The van der Waals surface area contributed by atoms with Gasteiger partial charge in [-0.05, 0) is 36.2 Å². The zero-order valence-electron chi connectivity index (χ0n) is 19.8. The molecule has 0 radical (unpaired) electrons. The lowest BCUT2D eigenvalue weighted by Gasteiger charge is -2.33. The molecule has 7 nitrogen and oxygen atoms in total. The molecule has 0 aliphatic carbocycles. The Morgan fingerprint density at radius 1 is 1.14 bits per heavy atom. The van der Waals surface area contributed by atoms with Gasteiger partial charge in [0.05, 0.1) is 11.7 Å². The molecule has 1 N–H and O–H groups in total. The molecule has 36 heavy (non-hydrogen) atoms. The van der Waals surface area contributed by atoms with Crippen LogP contribution < -0.4 is 5.32 Å². The fourth-order valence-corrected chi connectivity index (χ4v) is 4.41. The third kappa shape index (κ3) is 4.71. The van der Waals surface area contributed by atoms with Crippen LogP contribution in [0.25, 0.3) is 5.69 Å².